The smallest absolute Gasteiger partial charge is 0.335 e. The molecule has 1 aliphatic heterocycles. The lowest BCUT2D eigenvalue weighted by molar-refractivity contribution is -0.122. The normalized spacial score (nSPS) is 14.4. The minimum atomic E-state index is -0.834. The van der Waals surface area contributed by atoms with Crippen molar-refractivity contribution >= 4 is 57.1 Å². The van der Waals surface area contributed by atoms with Crippen molar-refractivity contribution in [1.29, 1.82) is 0 Å². The zero-order chi connectivity index (χ0) is 25.7. The number of urea groups is 1. The van der Waals surface area contributed by atoms with Gasteiger partial charge in [0.15, 0.2) is 18.1 Å². The van der Waals surface area contributed by atoms with E-state index in [1.807, 2.05) is 6.07 Å². The van der Waals surface area contributed by atoms with Gasteiger partial charge in [-0.2, -0.15) is 0 Å². The molecule has 2 N–H and O–H groups in total. The van der Waals surface area contributed by atoms with E-state index in [2.05, 4.69) is 26.6 Å². The van der Waals surface area contributed by atoms with Crippen LogP contribution in [0.2, 0.25) is 0 Å². The minimum absolute atomic E-state index is 0.226. The second-order valence-electron chi connectivity index (χ2n) is 7.55. The number of para-hydroxylation sites is 1. The zero-order valence-corrected chi connectivity index (χ0v) is 20.6. The summed E-state index contributed by atoms with van der Waals surface area (Å²) in [5.41, 5.74) is 1.19. The second kappa shape index (κ2) is 10.9. The number of rotatable bonds is 7. The number of halogens is 1. The molecular weight excluding hydrogens is 530 g/mol. The number of hydrogen-bond acceptors (Lipinski definition) is 6. The van der Waals surface area contributed by atoms with Gasteiger partial charge in [0, 0.05) is 10.2 Å². The van der Waals surface area contributed by atoms with Crippen molar-refractivity contribution in [3.63, 3.8) is 0 Å². The van der Waals surface area contributed by atoms with Gasteiger partial charge in [-0.25, -0.2) is 9.69 Å². The van der Waals surface area contributed by atoms with Crippen molar-refractivity contribution in [3.8, 4) is 11.5 Å². The Labute approximate surface area is 214 Å². The van der Waals surface area contributed by atoms with Crippen LogP contribution in [0.3, 0.4) is 0 Å². The molecule has 0 saturated carbocycles. The second-order valence-corrected chi connectivity index (χ2v) is 8.46. The van der Waals surface area contributed by atoms with Gasteiger partial charge < -0.3 is 14.8 Å². The first kappa shape index (κ1) is 24.7. The van der Waals surface area contributed by atoms with Crippen LogP contribution in [0, 0.1) is 0 Å². The molecule has 3 aromatic carbocycles. The van der Waals surface area contributed by atoms with Gasteiger partial charge in [-0.05, 0) is 60.2 Å². The van der Waals surface area contributed by atoms with E-state index in [1.165, 1.54) is 13.2 Å². The highest BCUT2D eigenvalue weighted by molar-refractivity contribution is 9.10. The number of carbonyl (C=O) groups excluding carboxylic acids is 4. The van der Waals surface area contributed by atoms with Gasteiger partial charge >= 0.3 is 6.03 Å². The maximum Gasteiger partial charge on any atom is 0.335 e. The van der Waals surface area contributed by atoms with Crippen molar-refractivity contribution in [2.75, 3.05) is 23.9 Å². The molecule has 10 heteroatoms. The van der Waals surface area contributed by atoms with Gasteiger partial charge in [0.05, 0.1) is 12.8 Å². The number of nitrogens with one attached hydrogen (secondary N) is 2. The number of anilines is 2. The highest BCUT2D eigenvalue weighted by atomic mass is 79.9. The first-order valence-electron chi connectivity index (χ1n) is 10.7. The summed E-state index contributed by atoms with van der Waals surface area (Å²) in [6.45, 7) is -0.253. The van der Waals surface area contributed by atoms with Crippen LogP contribution in [-0.4, -0.2) is 37.5 Å². The summed E-state index contributed by atoms with van der Waals surface area (Å²) in [4.78, 5) is 50.9. The Hall–Kier alpha value is -4.44. The van der Waals surface area contributed by atoms with Crippen LogP contribution in [-0.2, 0) is 14.4 Å². The molecule has 3 aromatic rings. The van der Waals surface area contributed by atoms with Crippen LogP contribution in [0.25, 0.3) is 6.08 Å². The zero-order valence-electron chi connectivity index (χ0n) is 19.0. The molecule has 0 bridgehead atoms. The third-order valence-corrected chi connectivity index (χ3v) is 5.63. The largest absolute Gasteiger partial charge is 0.493 e. The van der Waals surface area contributed by atoms with Crippen LogP contribution >= 0.6 is 15.9 Å². The van der Waals surface area contributed by atoms with Crippen LogP contribution in [0.5, 0.6) is 11.5 Å². The van der Waals surface area contributed by atoms with E-state index in [4.69, 9.17) is 9.47 Å². The van der Waals surface area contributed by atoms with E-state index in [9.17, 15) is 19.2 Å². The summed E-state index contributed by atoms with van der Waals surface area (Å²) in [6, 6.07) is 19.4. The molecule has 0 atom stereocenters. The average Bonchev–Trinajstić information content (AvgIpc) is 2.87. The summed E-state index contributed by atoms with van der Waals surface area (Å²) >= 11 is 3.30. The van der Waals surface area contributed by atoms with Crippen molar-refractivity contribution in [1.82, 2.24) is 5.32 Å². The topological polar surface area (TPSA) is 114 Å². The number of imide groups is 2. The Morgan fingerprint density at radius 3 is 2.42 bits per heavy atom. The highest BCUT2D eigenvalue weighted by Crippen LogP contribution is 2.30. The lowest BCUT2D eigenvalue weighted by Gasteiger charge is -2.26. The van der Waals surface area contributed by atoms with Crippen molar-refractivity contribution in [3.05, 3.63) is 88.4 Å². The molecule has 9 nitrogen and oxygen atoms in total. The van der Waals surface area contributed by atoms with Gasteiger partial charge in [0.2, 0.25) is 0 Å². The molecule has 4 rings (SSSR count). The lowest BCUT2D eigenvalue weighted by Crippen LogP contribution is -2.54. The number of carbonyl (C=O) groups is 4. The number of hydrogen-bond donors (Lipinski definition) is 2. The first-order chi connectivity index (χ1) is 17.4. The lowest BCUT2D eigenvalue weighted by atomic mass is 10.1. The van der Waals surface area contributed by atoms with E-state index in [0.717, 1.165) is 9.37 Å². The van der Waals surface area contributed by atoms with Crippen LogP contribution < -0.4 is 25.0 Å². The van der Waals surface area contributed by atoms with Gasteiger partial charge in [-0.1, -0.05) is 40.2 Å². The molecule has 36 heavy (non-hydrogen) atoms. The fourth-order valence-corrected chi connectivity index (χ4v) is 3.67. The molecular formula is C26H20BrN3O6. The van der Waals surface area contributed by atoms with Crippen molar-refractivity contribution in [2.24, 2.45) is 0 Å². The number of barbiturate groups is 1. The maximum absolute atomic E-state index is 13.0. The molecule has 0 aliphatic carbocycles. The van der Waals surface area contributed by atoms with Crippen molar-refractivity contribution < 1.29 is 28.7 Å². The molecule has 1 heterocycles. The number of methoxy groups -OCH3 is 1. The van der Waals surface area contributed by atoms with Crippen LogP contribution in [0.1, 0.15) is 5.56 Å². The third-order valence-electron chi connectivity index (χ3n) is 5.10. The van der Waals surface area contributed by atoms with Crippen LogP contribution in [0.4, 0.5) is 16.2 Å². The summed E-state index contributed by atoms with van der Waals surface area (Å²) in [5.74, 6) is -1.33. The standard InChI is InChI=1S/C26H20BrN3O6/c1-35-22-14-16(7-12-21(22)36-15-23(31)28-18-5-3-2-4-6-18)13-20-24(32)29-26(34)30(25(20)33)19-10-8-17(27)9-11-19/h2-14H,15H2,1H3,(H,28,31)(H,29,32,34)/b20-13+. The number of nitrogens with zero attached hydrogens (tertiary/aromatic N) is 1. The van der Waals surface area contributed by atoms with E-state index in [0.29, 0.717) is 28.4 Å². The summed E-state index contributed by atoms with van der Waals surface area (Å²) in [7, 11) is 1.43. The van der Waals surface area contributed by atoms with Crippen molar-refractivity contribution in [2.45, 2.75) is 0 Å². The molecule has 1 fully saturated rings. The molecule has 0 spiro atoms. The van der Waals surface area contributed by atoms with E-state index in [-0.39, 0.29) is 18.1 Å². The monoisotopic (exact) mass is 549 g/mol. The van der Waals surface area contributed by atoms with E-state index >= 15 is 0 Å². The predicted molar refractivity (Wildman–Crippen MR) is 137 cm³/mol. The fourth-order valence-electron chi connectivity index (χ4n) is 3.40. The Bertz CT molecular complexity index is 1360. The summed E-state index contributed by atoms with van der Waals surface area (Å²) in [6.07, 6.45) is 1.35. The third kappa shape index (κ3) is 5.61. The number of amides is 5. The van der Waals surface area contributed by atoms with Gasteiger partial charge in [-0.15, -0.1) is 0 Å². The molecule has 1 aliphatic rings. The average molecular weight is 550 g/mol. The molecule has 0 unspecified atom stereocenters. The molecule has 5 amide bonds. The van der Waals surface area contributed by atoms with E-state index < -0.39 is 17.8 Å². The van der Waals surface area contributed by atoms with E-state index in [1.54, 1.807) is 66.7 Å². The fraction of sp³-hybridized carbons (Fsp3) is 0.0769. The Morgan fingerprint density at radius 2 is 1.72 bits per heavy atom. The molecule has 0 aromatic heterocycles. The summed E-state index contributed by atoms with van der Waals surface area (Å²) in [5, 5.41) is 4.90. The Balaban J connectivity index is 1.51. The van der Waals surface area contributed by atoms with Gasteiger partial charge in [0.1, 0.15) is 5.57 Å². The maximum atomic E-state index is 13.0. The predicted octanol–water partition coefficient (Wildman–Crippen LogP) is 4.14. The van der Waals surface area contributed by atoms with Gasteiger partial charge in [-0.3, -0.25) is 19.7 Å². The SMILES string of the molecule is COc1cc(/C=C2\C(=O)NC(=O)N(c3ccc(Br)cc3)C2=O)ccc1OCC(=O)Nc1ccccc1. The number of ether oxygens (including phenoxy) is 2. The Morgan fingerprint density at radius 1 is 1.00 bits per heavy atom. The minimum Gasteiger partial charge on any atom is -0.493 e. The Kier molecular flexibility index (Phi) is 7.45. The highest BCUT2D eigenvalue weighted by Gasteiger charge is 2.36. The number of benzene rings is 3. The quantitative estimate of drug-likeness (QED) is 0.338. The molecule has 1 saturated heterocycles. The van der Waals surface area contributed by atoms with Gasteiger partial charge in [0.25, 0.3) is 17.7 Å². The van der Waals surface area contributed by atoms with Crippen LogP contribution in [0.15, 0.2) is 82.8 Å². The summed E-state index contributed by atoms with van der Waals surface area (Å²) < 4.78 is 11.7. The molecule has 0 radical (unpaired) electrons. The molecule has 182 valence electrons. The first-order valence-corrected chi connectivity index (χ1v) is 11.5.